The Hall–Kier alpha value is -2.61. The van der Waals surface area contributed by atoms with E-state index in [4.69, 9.17) is 9.47 Å². The summed E-state index contributed by atoms with van der Waals surface area (Å²) in [7, 11) is 0. The van der Waals surface area contributed by atoms with Crippen molar-refractivity contribution in [3.63, 3.8) is 0 Å². The van der Waals surface area contributed by atoms with Gasteiger partial charge in [-0.15, -0.1) is 0 Å². The van der Waals surface area contributed by atoms with E-state index in [1.807, 2.05) is 0 Å². The van der Waals surface area contributed by atoms with Crippen molar-refractivity contribution >= 4 is 5.97 Å². The quantitative estimate of drug-likeness (QED) is 0.331. The maximum atomic E-state index is 14.8. The summed E-state index contributed by atoms with van der Waals surface area (Å²) in [6.45, 7) is 2.01. The molecule has 0 bridgehead atoms. The predicted octanol–water partition coefficient (Wildman–Crippen LogP) is 6.79. The SMILES string of the molecule is CCOc1ccc(C2CCC(OC(=O)c3ccc(C4CCC(CO)CC4)c(F)c3F)CC2)c(F)c1F. The Kier molecular flexibility index (Phi) is 8.54. The van der Waals surface area contributed by atoms with Gasteiger partial charge >= 0.3 is 5.97 Å². The molecular weight excluding hydrogens is 476 g/mol. The first-order valence-electron chi connectivity index (χ1n) is 12.7. The molecule has 0 atom stereocenters. The summed E-state index contributed by atoms with van der Waals surface area (Å²) >= 11 is 0. The minimum atomic E-state index is -1.21. The average molecular weight is 509 g/mol. The van der Waals surface area contributed by atoms with Gasteiger partial charge in [-0.25, -0.2) is 18.0 Å². The molecule has 0 radical (unpaired) electrons. The fourth-order valence-electron chi connectivity index (χ4n) is 5.53. The second kappa shape index (κ2) is 11.6. The standard InChI is InChI=1S/C28H32F4O4/c1-2-35-23-14-13-21(25(30)27(23)32)18-7-9-19(10-8-18)36-28(34)22-12-11-20(24(29)26(22)31)17-5-3-16(15-33)4-6-17/h11-14,16-19,33H,2-10,15H2,1H3. The van der Waals surface area contributed by atoms with Gasteiger partial charge in [-0.05, 0) is 99.3 Å². The summed E-state index contributed by atoms with van der Waals surface area (Å²) in [5.41, 5.74) is 0.0741. The van der Waals surface area contributed by atoms with E-state index < -0.39 is 40.9 Å². The first-order valence-corrected chi connectivity index (χ1v) is 12.7. The molecule has 0 aliphatic heterocycles. The lowest BCUT2D eigenvalue weighted by atomic mass is 9.78. The van der Waals surface area contributed by atoms with Crippen molar-refractivity contribution < 1.29 is 36.9 Å². The largest absolute Gasteiger partial charge is 0.491 e. The van der Waals surface area contributed by atoms with Crippen LogP contribution in [-0.4, -0.2) is 30.4 Å². The lowest BCUT2D eigenvalue weighted by Crippen LogP contribution is -2.25. The fraction of sp³-hybridized carbons (Fsp3) is 0.536. The molecule has 0 unspecified atom stereocenters. The molecule has 196 valence electrons. The summed E-state index contributed by atoms with van der Waals surface area (Å²) in [5, 5.41) is 9.28. The normalized spacial score (nSPS) is 24.4. The van der Waals surface area contributed by atoms with Gasteiger partial charge in [0.1, 0.15) is 6.10 Å². The van der Waals surface area contributed by atoms with Crippen LogP contribution in [-0.2, 0) is 4.74 Å². The summed E-state index contributed by atoms with van der Waals surface area (Å²) in [4.78, 5) is 12.6. The van der Waals surface area contributed by atoms with Gasteiger partial charge in [0.2, 0.25) is 5.82 Å². The van der Waals surface area contributed by atoms with Crippen molar-refractivity contribution in [1.29, 1.82) is 0 Å². The van der Waals surface area contributed by atoms with Gasteiger partial charge in [0, 0.05) is 6.61 Å². The lowest BCUT2D eigenvalue weighted by Gasteiger charge is -2.29. The highest BCUT2D eigenvalue weighted by molar-refractivity contribution is 5.90. The molecule has 0 amide bonds. The van der Waals surface area contributed by atoms with Gasteiger partial charge in [-0.3, -0.25) is 0 Å². The summed E-state index contributed by atoms with van der Waals surface area (Å²) in [5.74, 6) is -5.40. The van der Waals surface area contributed by atoms with Crippen LogP contribution >= 0.6 is 0 Å². The van der Waals surface area contributed by atoms with Crippen LogP contribution in [0.4, 0.5) is 17.6 Å². The van der Waals surface area contributed by atoms with Crippen LogP contribution in [0, 0.1) is 29.2 Å². The number of aliphatic hydroxyl groups excluding tert-OH is 1. The molecule has 0 spiro atoms. The molecule has 2 saturated carbocycles. The minimum Gasteiger partial charge on any atom is -0.491 e. The van der Waals surface area contributed by atoms with Crippen LogP contribution in [0.2, 0.25) is 0 Å². The highest BCUT2D eigenvalue weighted by atomic mass is 19.2. The molecule has 2 aliphatic rings. The van der Waals surface area contributed by atoms with Crippen molar-refractivity contribution in [3.05, 3.63) is 64.2 Å². The maximum absolute atomic E-state index is 14.8. The van der Waals surface area contributed by atoms with Crippen molar-refractivity contribution in [2.75, 3.05) is 13.2 Å². The monoisotopic (exact) mass is 508 g/mol. The van der Waals surface area contributed by atoms with Crippen molar-refractivity contribution in [3.8, 4) is 5.75 Å². The molecule has 2 aromatic rings. The Balaban J connectivity index is 1.36. The predicted molar refractivity (Wildman–Crippen MR) is 126 cm³/mol. The van der Waals surface area contributed by atoms with Gasteiger partial charge in [0.15, 0.2) is 23.2 Å². The summed E-state index contributed by atoms with van der Waals surface area (Å²) < 4.78 is 69.0. The Bertz CT molecular complexity index is 1070. The van der Waals surface area contributed by atoms with E-state index in [0.29, 0.717) is 38.5 Å². The number of hydrogen-bond donors (Lipinski definition) is 1. The van der Waals surface area contributed by atoms with E-state index in [9.17, 15) is 27.5 Å². The molecule has 1 N–H and O–H groups in total. The molecule has 8 heteroatoms. The smallest absolute Gasteiger partial charge is 0.341 e. The molecule has 0 aromatic heterocycles. The van der Waals surface area contributed by atoms with E-state index in [0.717, 1.165) is 12.8 Å². The van der Waals surface area contributed by atoms with E-state index >= 15 is 0 Å². The number of carbonyl (C=O) groups excluding carboxylic acids is 1. The van der Waals surface area contributed by atoms with Crippen LogP contribution < -0.4 is 4.74 Å². The van der Waals surface area contributed by atoms with Crippen LogP contribution in [0.5, 0.6) is 5.75 Å². The molecular formula is C28H32F4O4. The second-order valence-electron chi connectivity index (χ2n) is 9.82. The number of ether oxygens (including phenoxy) is 2. The van der Waals surface area contributed by atoms with Crippen molar-refractivity contribution in [2.24, 2.45) is 5.92 Å². The second-order valence-corrected chi connectivity index (χ2v) is 9.82. The summed E-state index contributed by atoms with van der Waals surface area (Å²) in [6.07, 6.45) is 4.05. The van der Waals surface area contributed by atoms with E-state index in [-0.39, 0.29) is 47.8 Å². The van der Waals surface area contributed by atoms with Crippen molar-refractivity contribution in [1.82, 2.24) is 0 Å². The van der Waals surface area contributed by atoms with Crippen LogP contribution in [0.3, 0.4) is 0 Å². The minimum absolute atomic E-state index is 0.0995. The maximum Gasteiger partial charge on any atom is 0.341 e. The highest BCUT2D eigenvalue weighted by Gasteiger charge is 2.31. The molecule has 2 aliphatic carbocycles. The first kappa shape index (κ1) is 26.5. The highest BCUT2D eigenvalue weighted by Crippen LogP contribution is 2.39. The van der Waals surface area contributed by atoms with Crippen molar-refractivity contribution in [2.45, 2.75) is 76.2 Å². The van der Waals surface area contributed by atoms with E-state index in [1.54, 1.807) is 6.92 Å². The molecule has 4 nitrogen and oxygen atoms in total. The average Bonchev–Trinajstić information content (AvgIpc) is 2.89. The molecule has 4 rings (SSSR count). The summed E-state index contributed by atoms with van der Waals surface area (Å²) in [6, 6.07) is 5.68. The molecule has 2 aromatic carbocycles. The Morgan fingerprint density at radius 2 is 1.36 bits per heavy atom. The number of rotatable bonds is 7. The van der Waals surface area contributed by atoms with Gasteiger partial charge in [-0.1, -0.05) is 12.1 Å². The molecule has 0 heterocycles. The third-order valence-corrected chi connectivity index (χ3v) is 7.64. The third-order valence-electron chi connectivity index (χ3n) is 7.64. The number of halogens is 4. The van der Waals surface area contributed by atoms with E-state index in [1.165, 1.54) is 24.3 Å². The molecule has 0 saturated heterocycles. The zero-order valence-corrected chi connectivity index (χ0v) is 20.4. The zero-order chi connectivity index (χ0) is 25.8. The number of esters is 1. The molecule has 2 fully saturated rings. The fourth-order valence-corrected chi connectivity index (χ4v) is 5.53. The lowest BCUT2D eigenvalue weighted by molar-refractivity contribution is 0.0188. The van der Waals surface area contributed by atoms with Gasteiger partial charge < -0.3 is 14.6 Å². The van der Waals surface area contributed by atoms with Gasteiger partial charge in [0.05, 0.1) is 12.2 Å². The Morgan fingerprint density at radius 1 is 0.806 bits per heavy atom. The third kappa shape index (κ3) is 5.53. The Labute approximate surface area is 208 Å². The number of hydrogen-bond acceptors (Lipinski definition) is 4. The number of benzene rings is 2. The number of aliphatic hydroxyl groups is 1. The molecule has 36 heavy (non-hydrogen) atoms. The zero-order valence-electron chi connectivity index (χ0n) is 20.4. The van der Waals surface area contributed by atoms with Gasteiger partial charge in [0.25, 0.3) is 0 Å². The Morgan fingerprint density at radius 3 is 1.94 bits per heavy atom. The number of carbonyl (C=O) groups is 1. The van der Waals surface area contributed by atoms with Crippen LogP contribution in [0.1, 0.15) is 91.6 Å². The van der Waals surface area contributed by atoms with E-state index in [2.05, 4.69) is 0 Å². The first-order chi connectivity index (χ1) is 17.3. The topological polar surface area (TPSA) is 55.8 Å². The van der Waals surface area contributed by atoms with Crippen LogP contribution in [0.25, 0.3) is 0 Å². The van der Waals surface area contributed by atoms with Crippen LogP contribution in [0.15, 0.2) is 24.3 Å². The van der Waals surface area contributed by atoms with Gasteiger partial charge in [-0.2, -0.15) is 4.39 Å².